The first kappa shape index (κ1) is 22.7. The van der Waals surface area contributed by atoms with Gasteiger partial charge in [0.25, 0.3) is 5.91 Å². The lowest BCUT2D eigenvalue weighted by molar-refractivity contribution is 0.100. The molecule has 174 valence electrons. The van der Waals surface area contributed by atoms with Gasteiger partial charge in [0.05, 0.1) is 34.2 Å². The Hall–Kier alpha value is -3.46. The van der Waals surface area contributed by atoms with Crippen LogP contribution in [0.1, 0.15) is 24.2 Å². The van der Waals surface area contributed by atoms with Crippen molar-refractivity contribution >= 4 is 33.9 Å². The van der Waals surface area contributed by atoms with Crippen molar-refractivity contribution in [2.45, 2.75) is 20.0 Å². The highest BCUT2D eigenvalue weighted by Gasteiger charge is 2.22. The average molecular weight is 456 g/mol. The van der Waals surface area contributed by atoms with Crippen molar-refractivity contribution in [3.63, 3.8) is 0 Å². The molecule has 0 bridgehead atoms. The van der Waals surface area contributed by atoms with Gasteiger partial charge >= 0.3 is 0 Å². The molecule has 33 heavy (non-hydrogen) atoms. The molecule has 1 aromatic heterocycles. The third-order valence-electron chi connectivity index (χ3n) is 5.61. The van der Waals surface area contributed by atoms with Gasteiger partial charge in [-0.2, -0.15) is 0 Å². The summed E-state index contributed by atoms with van der Waals surface area (Å²) in [6, 6.07) is 6.91. The molecule has 1 amide bonds. The summed E-state index contributed by atoms with van der Waals surface area (Å²) in [6.07, 6.45) is 1.30. The van der Waals surface area contributed by atoms with Gasteiger partial charge in [0.2, 0.25) is 0 Å². The number of nitrogens with zero attached hydrogens (tertiary/aromatic N) is 3. The summed E-state index contributed by atoms with van der Waals surface area (Å²) in [5, 5.41) is 3.52. The lowest BCUT2D eigenvalue weighted by atomic mass is 10.1. The third kappa shape index (κ3) is 4.83. The number of halogens is 2. The molecule has 9 heteroatoms. The fourth-order valence-electron chi connectivity index (χ4n) is 3.90. The van der Waals surface area contributed by atoms with Gasteiger partial charge < -0.3 is 25.6 Å². The van der Waals surface area contributed by atoms with Crippen LogP contribution in [-0.2, 0) is 0 Å². The second-order valence-corrected chi connectivity index (χ2v) is 8.45. The van der Waals surface area contributed by atoms with Gasteiger partial charge in [0.15, 0.2) is 0 Å². The van der Waals surface area contributed by atoms with Crippen LogP contribution in [0.15, 0.2) is 36.5 Å². The zero-order chi connectivity index (χ0) is 23.7. The normalized spacial score (nSPS) is 14.7. The summed E-state index contributed by atoms with van der Waals surface area (Å²) < 4.78 is 33.9. The molecule has 0 unspecified atom stereocenters. The van der Waals surface area contributed by atoms with Crippen LogP contribution in [0.5, 0.6) is 5.75 Å². The molecule has 0 spiro atoms. The molecule has 0 aliphatic carbocycles. The van der Waals surface area contributed by atoms with Crippen molar-refractivity contribution in [1.29, 1.82) is 0 Å². The maximum Gasteiger partial charge on any atom is 0.252 e. The summed E-state index contributed by atoms with van der Waals surface area (Å²) in [5.41, 5.74) is 7.45. The van der Waals surface area contributed by atoms with E-state index in [9.17, 15) is 13.6 Å². The number of aromatic nitrogens is 1. The fourth-order valence-corrected chi connectivity index (χ4v) is 3.90. The monoisotopic (exact) mass is 455 g/mol. The maximum absolute atomic E-state index is 14.4. The number of hydrogen-bond donors (Lipinski definition) is 2. The molecule has 3 aromatic rings. The topological polar surface area (TPSA) is 83.7 Å². The molecule has 1 aliphatic rings. The minimum Gasteiger partial charge on any atom is -0.489 e. The van der Waals surface area contributed by atoms with Gasteiger partial charge in [0.1, 0.15) is 17.4 Å². The Morgan fingerprint density at radius 1 is 1.15 bits per heavy atom. The van der Waals surface area contributed by atoms with Crippen LogP contribution in [0.4, 0.5) is 25.8 Å². The predicted octanol–water partition coefficient (Wildman–Crippen LogP) is 3.89. The predicted molar refractivity (Wildman–Crippen MR) is 125 cm³/mol. The number of rotatable bonds is 6. The number of nitrogens with one attached hydrogen (secondary N) is 1. The molecule has 1 fully saturated rings. The summed E-state index contributed by atoms with van der Waals surface area (Å²) >= 11 is 0. The van der Waals surface area contributed by atoms with E-state index in [2.05, 4.69) is 27.1 Å². The van der Waals surface area contributed by atoms with Crippen LogP contribution in [-0.4, -0.2) is 55.1 Å². The van der Waals surface area contributed by atoms with Gasteiger partial charge in [-0.3, -0.25) is 9.78 Å². The van der Waals surface area contributed by atoms with Gasteiger partial charge in [-0.15, -0.1) is 0 Å². The zero-order valence-corrected chi connectivity index (χ0v) is 18.9. The number of carbonyl (C=O) groups is 1. The SMILES string of the molecule is CC(C)Oc1cc2ncc(C(N)=O)c(Nc3ccc(F)cc3F)c2cc1N1CCN(C)CC1. The number of likely N-dealkylation sites (N-methyl/N-ethyl adjacent to an activating group) is 1. The molecule has 4 rings (SSSR count). The molecule has 2 aromatic carbocycles. The number of benzene rings is 2. The van der Waals surface area contributed by atoms with Crippen LogP contribution in [0.3, 0.4) is 0 Å². The first-order chi connectivity index (χ1) is 15.7. The van der Waals surface area contributed by atoms with Crippen LogP contribution in [0, 0.1) is 11.6 Å². The van der Waals surface area contributed by atoms with Gasteiger partial charge in [-0.1, -0.05) is 0 Å². The summed E-state index contributed by atoms with van der Waals surface area (Å²) in [6.45, 7) is 7.29. The molecule has 0 atom stereocenters. The molecular formula is C24H27F2N5O2. The standard InChI is InChI=1S/C24H27F2N5O2/c1-14(2)33-22-12-20-16(11-21(22)31-8-6-30(3)7-9-31)23(17(13-28-20)24(27)32)29-19-5-4-15(25)10-18(19)26/h4-5,10-14H,6-9H2,1-3H3,(H2,27,32)(H,28,29). The van der Waals surface area contributed by atoms with Crippen molar-refractivity contribution in [2.75, 3.05) is 43.4 Å². The van der Waals surface area contributed by atoms with Crippen molar-refractivity contribution in [3.8, 4) is 5.75 Å². The second kappa shape index (κ2) is 9.19. The van der Waals surface area contributed by atoms with E-state index in [4.69, 9.17) is 10.5 Å². The Morgan fingerprint density at radius 3 is 2.52 bits per heavy atom. The van der Waals surface area contributed by atoms with E-state index >= 15 is 0 Å². The Bertz CT molecular complexity index is 1190. The minimum atomic E-state index is -0.783. The largest absolute Gasteiger partial charge is 0.489 e. The number of carbonyl (C=O) groups excluding carboxylic acids is 1. The van der Waals surface area contributed by atoms with Gasteiger partial charge in [0, 0.05) is 49.9 Å². The van der Waals surface area contributed by atoms with E-state index in [0.717, 1.165) is 44.0 Å². The maximum atomic E-state index is 14.4. The van der Waals surface area contributed by atoms with Crippen LogP contribution in [0.2, 0.25) is 0 Å². The first-order valence-electron chi connectivity index (χ1n) is 10.8. The number of pyridine rings is 1. The quantitative estimate of drug-likeness (QED) is 0.587. The van der Waals surface area contributed by atoms with Crippen molar-refractivity contribution in [3.05, 3.63) is 53.7 Å². The fraction of sp³-hybridized carbons (Fsp3) is 0.333. The van der Waals surface area contributed by atoms with E-state index in [-0.39, 0.29) is 17.4 Å². The highest BCUT2D eigenvalue weighted by Crippen LogP contribution is 2.39. The van der Waals surface area contributed by atoms with E-state index < -0.39 is 17.5 Å². The summed E-state index contributed by atoms with van der Waals surface area (Å²) in [4.78, 5) is 21.1. The number of hydrogen-bond acceptors (Lipinski definition) is 6. The number of amides is 1. The third-order valence-corrected chi connectivity index (χ3v) is 5.61. The minimum absolute atomic E-state index is 0.0232. The van der Waals surface area contributed by atoms with Crippen molar-refractivity contribution in [2.24, 2.45) is 5.73 Å². The van der Waals surface area contributed by atoms with Crippen molar-refractivity contribution in [1.82, 2.24) is 9.88 Å². The molecule has 1 saturated heterocycles. The lowest BCUT2D eigenvalue weighted by Crippen LogP contribution is -2.44. The molecule has 7 nitrogen and oxygen atoms in total. The smallest absolute Gasteiger partial charge is 0.252 e. The first-order valence-corrected chi connectivity index (χ1v) is 10.8. The molecule has 2 heterocycles. The molecule has 3 N–H and O–H groups in total. The second-order valence-electron chi connectivity index (χ2n) is 8.45. The summed E-state index contributed by atoms with van der Waals surface area (Å²) in [5.74, 6) is -1.51. The average Bonchev–Trinajstić information content (AvgIpc) is 2.75. The van der Waals surface area contributed by atoms with E-state index in [0.29, 0.717) is 22.3 Å². The number of nitrogens with two attached hydrogens (primary N) is 1. The number of piperazine rings is 1. The van der Waals surface area contributed by atoms with E-state index in [1.165, 1.54) is 12.3 Å². The summed E-state index contributed by atoms with van der Waals surface area (Å²) in [7, 11) is 2.07. The van der Waals surface area contributed by atoms with E-state index in [1.54, 1.807) is 0 Å². The highest BCUT2D eigenvalue weighted by atomic mass is 19.1. The molecule has 0 radical (unpaired) electrons. The van der Waals surface area contributed by atoms with Crippen molar-refractivity contribution < 1.29 is 18.3 Å². The zero-order valence-electron chi connectivity index (χ0n) is 18.9. The Kier molecular flexibility index (Phi) is 6.33. The molecule has 1 aliphatic heterocycles. The van der Waals surface area contributed by atoms with Crippen LogP contribution in [0.25, 0.3) is 10.9 Å². The number of fused-ring (bicyclic) bond motifs is 1. The molecular weight excluding hydrogens is 428 g/mol. The van der Waals surface area contributed by atoms with Crippen LogP contribution < -0.4 is 20.7 Å². The van der Waals surface area contributed by atoms with Gasteiger partial charge in [-0.05, 0) is 39.1 Å². The van der Waals surface area contributed by atoms with E-state index in [1.807, 2.05) is 26.0 Å². The Morgan fingerprint density at radius 2 is 1.88 bits per heavy atom. The lowest BCUT2D eigenvalue weighted by Gasteiger charge is -2.35. The highest BCUT2D eigenvalue weighted by molar-refractivity contribution is 6.08. The number of anilines is 3. The Labute approximate surface area is 191 Å². The Balaban J connectivity index is 1.89. The number of ether oxygens (including phenoxy) is 1. The molecule has 0 saturated carbocycles. The number of primary amides is 1. The van der Waals surface area contributed by atoms with Crippen LogP contribution >= 0.6 is 0 Å². The van der Waals surface area contributed by atoms with Gasteiger partial charge in [-0.25, -0.2) is 8.78 Å².